The molecule has 0 aromatic heterocycles. The third-order valence-corrected chi connectivity index (χ3v) is 4.22. The largest absolute Gasteiger partial charge is 0.491 e. The number of halogens is 2. The van der Waals surface area contributed by atoms with Crippen LogP contribution in [0.1, 0.15) is 42.8 Å². The van der Waals surface area contributed by atoms with E-state index in [4.69, 9.17) is 4.74 Å². The lowest BCUT2D eigenvalue weighted by molar-refractivity contribution is 0.0950. The minimum Gasteiger partial charge on any atom is -0.491 e. The van der Waals surface area contributed by atoms with E-state index in [2.05, 4.69) is 20.9 Å². The van der Waals surface area contributed by atoms with Crippen LogP contribution in [-0.4, -0.2) is 49.3 Å². The lowest BCUT2D eigenvalue weighted by atomic mass is 10.1. The first-order valence-electron chi connectivity index (χ1n) is 10.4. The first kappa shape index (κ1) is 27.6. The molecule has 0 aliphatic rings. The predicted molar refractivity (Wildman–Crippen MR) is 135 cm³/mol. The Morgan fingerprint density at radius 3 is 2.34 bits per heavy atom. The molecule has 9 heteroatoms. The fourth-order valence-corrected chi connectivity index (χ4v) is 2.76. The molecule has 0 spiro atoms. The summed E-state index contributed by atoms with van der Waals surface area (Å²) in [4.78, 5) is 16.4. The topological polar surface area (TPSA) is 95.0 Å². The zero-order valence-corrected chi connectivity index (χ0v) is 20.9. The number of nitrogens with zero attached hydrogens (tertiary/aromatic N) is 1. The first-order valence-corrected chi connectivity index (χ1v) is 10.4. The summed E-state index contributed by atoms with van der Waals surface area (Å²) in [6, 6.07) is 13.1. The number of carbonyl (C=O) groups is 1. The second-order valence-corrected chi connectivity index (χ2v) is 7.13. The van der Waals surface area contributed by atoms with Gasteiger partial charge in [0.1, 0.15) is 11.6 Å². The van der Waals surface area contributed by atoms with E-state index in [1.54, 1.807) is 6.07 Å². The van der Waals surface area contributed by atoms with Gasteiger partial charge in [-0.05, 0) is 50.6 Å². The van der Waals surface area contributed by atoms with E-state index >= 15 is 0 Å². The number of ether oxygens (including phenoxy) is 1. The van der Waals surface area contributed by atoms with Gasteiger partial charge in [-0.1, -0.05) is 24.3 Å². The van der Waals surface area contributed by atoms with Gasteiger partial charge >= 0.3 is 0 Å². The molecular weight excluding hydrogens is 526 g/mol. The maximum absolute atomic E-state index is 13.6. The van der Waals surface area contributed by atoms with Crippen molar-refractivity contribution in [3.63, 3.8) is 0 Å². The van der Waals surface area contributed by atoms with Crippen LogP contribution in [-0.2, 0) is 0 Å². The lowest BCUT2D eigenvalue weighted by Gasteiger charge is -2.14. The van der Waals surface area contributed by atoms with Crippen molar-refractivity contribution in [2.75, 3.05) is 26.2 Å². The van der Waals surface area contributed by atoms with Crippen LogP contribution in [0.3, 0.4) is 0 Å². The minimum atomic E-state index is -0.760. The molecule has 0 saturated carbocycles. The summed E-state index contributed by atoms with van der Waals surface area (Å²) < 4.78 is 19.2. The second-order valence-electron chi connectivity index (χ2n) is 7.13. The van der Waals surface area contributed by atoms with Crippen LogP contribution >= 0.6 is 24.0 Å². The number of amides is 1. The Morgan fingerprint density at radius 2 is 1.72 bits per heavy atom. The molecule has 0 aliphatic carbocycles. The Balaban J connectivity index is 0.00000512. The van der Waals surface area contributed by atoms with Crippen LogP contribution < -0.4 is 20.7 Å². The van der Waals surface area contributed by atoms with E-state index in [1.165, 1.54) is 18.2 Å². The molecule has 0 fully saturated rings. The summed E-state index contributed by atoms with van der Waals surface area (Å²) in [5, 5.41) is 19.2. The molecule has 0 heterocycles. The van der Waals surface area contributed by atoms with Crippen LogP contribution in [0.25, 0.3) is 0 Å². The summed E-state index contributed by atoms with van der Waals surface area (Å²) in [6.07, 6.45) is -0.671. The van der Waals surface area contributed by atoms with Gasteiger partial charge in [-0.25, -0.2) is 4.39 Å². The van der Waals surface area contributed by atoms with Gasteiger partial charge < -0.3 is 25.8 Å². The highest BCUT2D eigenvalue weighted by molar-refractivity contribution is 14.0. The van der Waals surface area contributed by atoms with Crippen molar-refractivity contribution in [1.82, 2.24) is 16.0 Å². The third-order valence-electron chi connectivity index (χ3n) is 4.22. The highest BCUT2D eigenvalue weighted by atomic mass is 127. The van der Waals surface area contributed by atoms with Crippen molar-refractivity contribution in [2.45, 2.75) is 33.0 Å². The van der Waals surface area contributed by atoms with Crippen molar-refractivity contribution in [3.8, 4) is 5.75 Å². The van der Waals surface area contributed by atoms with Crippen LogP contribution in [0.15, 0.2) is 53.5 Å². The molecule has 1 unspecified atom stereocenters. The molecule has 2 aromatic rings. The van der Waals surface area contributed by atoms with Gasteiger partial charge in [0.05, 0.1) is 24.3 Å². The molecule has 1 amide bonds. The van der Waals surface area contributed by atoms with Crippen LogP contribution in [0.5, 0.6) is 5.75 Å². The maximum Gasteiger partial charge on any atom is 0.254 e. The number of rotatable bonds is 10. The molecule has 7 nitrogen and oxygen atoms in total. The molecule has 4 N–H and O–H groups in total. The van der Waals surface area contributed by atoms with Gasteiger partial charge in [0.15, 0.2) is 5.96 Å². The van der Waals surface area contributed by atoms with Gasteiger partial charge in [0.2, 0.25) is 0 Å². The van der Waals surface area contributed by atoms with Gasteiger partial charge in [0.25, 0.3) is 5.91 Å². The number of aliphatic hydroxyl groups is 1. The Morgan fingerprint density at radius 1 is 1.06 bits per heavy atom. The van der Waals surface area contributed by atoms with Crippen molar-refractivity contribution >= 4 is 35.8 Å². The molecule has 0 radical (unpaired) electrons. The molecule has 0 bridgehead atoms. The number of benzene rings is 2. The number of aliphatic hydroxyl groups excluding tert-OH is 1. The number of carbonyl (C=O) groups excluding carboxylic acids is 1. The maximum atomic E-state index is 13.6. The van der Waals surface area contributed by atoms with Crippen molar-refractivity contribution in [3.05, 3.63) is 65.5 Å². The standard InChI is InChI=1S/C23H31FN4O3.HI/c1-4-25-23(27-14-13-26-22(30)19-7-5-6-8-20(19)24)28-15-21(29)17-9-11-18(12-10-17)31-16(2)3;/h5-12,16,21,29H,4,13-15H2,1-3H3,(H,26,30)(H2,25,27,28);1H. The predicted octanol–water partition coefficient (Wildman–Crippen LogP) is 3.25. The number of hydrogen-bond donors (Lipinski definition) is 4. The minimum absolute atomic E-state index is 0. The Hall–Kier alpha value is -2.40. The number of aliphatic imine (C=N–C) groups is 1. The van der Waals surface area contributed by atoms with E-state index in [9.17, 15) is 14.3 Å². The van der Waals surface area contributed by atoms with Gasteiger partial charge in [-0.2, -0.15) is 0 Å². The van der Waals surface area contributed by atoms with Gasteiger partial charge in [0, 0.05) is 19.6 Å². The lowest BCUT2D eigenvalue weighted by Crippen LogP contribution is -2.41. The quantitative estimate of drug-likeness (QED) is 0.156. The smallest absolute Gasteiger partial charge is 0.254 e. The normalized spacial score (nSPS) is 12.0. The van der Waals surface area contributed by atoms with E-state index in [0.29, 0.717) is 19.0 Å². The summed E-state index contributed by atoms with van der Waals surface area (Å²) in [6.45, 7) is 7.34. The van der Waals surface area contributed by atoms with Crippen molar-refractivity contribution in [1.29, 1.82) is 0 Å². The molecule has 2 aromatic carbocycles. The van der Waals surface area contributed by atoms with E-state index in [0.717, 1.165) is 11.3 Å². The van der Waals surface area contributed by atoms with E-state index in [1.807, 2.05) is 45.0 Å². The Kier molecular flexibility index (Phi) is 12.6. The Labute approximate surface area is 205 Å². The molecular formula is C23H32FIN4O3. The first-order chi connectivity index (χ1) is 14.9. The number of nitrogens with one attached hydrogen (secondary N) is 3. The zero-order chi connectivity index (χ0) is 22.6. The summed E-state index contributed by atoms with van der Waals surface area (Å²) >= 11 is 0. The average molecular weight is 558 g/mol. The summed E-state index contributed by atoms with van der Waals surface area (Å²) in [5.41, 5.74) is 0.754. The van der Waals surface area contributed by atoms with Crippen LogP contribution in [0.4, 0.5) is 4.39 Å². The molecule has 1 atom stereocenters. The monoisotopic (exact) mass is 558 g/mol. The molecule has 2 rings (SSSR count). The van der Waals surface area contributed by atoms with Gasteiger partial charge in [-0.15, -0.1) is 24.0 Å². The average Bonchev–Trinajstić information content (AvgIpc) is 2.75. The third kappa shape index (κ3) is 9.39. The highest BCUT2D eigenvalue weighted by Crippen LogP contribution is 2.19. The van der Waals surface area contributed by atoms with Gasteiger partial charge in [-0.3, -0.25) is 9.79 Å². The zero-order valence-electron chi connectivity index (χ0n) is 18.6. The van der Waals surface area contributed by atoms with E-state index < -0.39 is 17.8 Å². The van der Waals surface area contributed by atoms with Crippen LogP contribution in [0, 0.1) is 5.82 Å². The molecule has 0 aliphatic heterocycles. The fourth-order valence-electron chi connectivity index (χ4n) is 2.76. The number of guanidine groups is 1. The van der Waals surface area contributed by atoms with Crippen LogP contribution in [0.2, 0.25) is 0 Å². The van der Waals surface area contributed by atoms with Crippen molar-refractivity contribution in [2.24, 2.45) is 4.99 Å². The SMILES string of the molecule is CCNC(=NCC(O)c1ccc(OC(C)C)cc1)NCCNC(=O)c1ccccc1F.I. The molecule has 32 heavy (non-hydrogen) atoms. The summed E-state index contributed by atoms with van der Waals surface area (Å²) in [7, 11) is 0. The summed E-state index contributed by atoms with van der Waals surface area (Å²) in [5.74, 6) is 0.242. The highest BCUT2D eigenvalue weighted by Gasteiger charge is 2.10. The van der Waals surface area contributed by atoms with Crippen molar-refractivity contribution < 1.29 is 19.0 Å². The van der Waals surface area contributed by atoms with E-state index in [-0.39, 0.29) is 48.7 Å². The molecule has 176 valence electrons. The second kappa shape index (κ2) is 14.6. The number of hydrogen-bond acceptors (Lipinski definition) is 4. The Bertz CT molecular complexity index is 863. The fraction of sp³-hybridized carbons (Fsp3) is 0.391. The molecule has 0 saturated heterocycles.